The molecule has 0 unspecified atom stereocenters. The van der Waals surface area contributed by atoms with Crippen molar-refractivity contribution in [2.45, 2.75) is 51.1 Å². The van der Waals surface area contributed by atoms with Crippen LogP contribution in [0.5, 0.6) is 0 Å². The van der Waals surface area contributed by atoms with Crippen LogP contribution in [0.4, 0.5) is 5.82 Å². The summed E-state index contributed by atoms with van der Waals surface area (Å²) < 4.78 is 38.7. The second kappa shape index (κ2) is 10.4. The number of imidazole rings is 1. The molecule has 0 amide bonds. The van der Waals surface area contributed by atoms with Crippen LogP contribution in [-0.4, -0.2) is 52.8 Å². The number of aromatic nitrogens is 2. The predicted octanol–water partition coefficient (Wildman–Crippen LogP) is -7.09. The van der Waals surface area contributed by atoms with E-state index >= 15 is 0 Å². The topological polar surface area (TPSA) is 170 Å². The van der Waals surface area contributed by atoms with E-state index in [1.165, 1.54) is 10.9 Å². The van der Waals surface area contributed by atoms with Gasteiger partial charge in [-0.05, 0) is 20.8 Å². The minimum absolute atomic E-state index is 0. The molecule has 4 atom stereocenters. The predicted molar refractivity (Wildman–Crippen MR) is 83.9 cm³/mol. The van der Waals surface area contributed by atoms with Crippen molar-refractivity contribution in [3.63, 3.8) is 0 Å². The number of phosphoric ester groups is 1. The van der Waals surface area contributed by atoms with E-state index in [-0.39, 0.29) is 77.2 Å². The molecule has 2 aliphatic rings. The van der Waals surface area contributed by atoms with Crippen molar-refractivity contribution >= 4 is 19.6 Å². The maximum Gasteiger partial charge on any atom is 1.00 e. The summed E-state index contributed by atoms with van der Waals surface area (Å²) in [5, 5.41) is 0. The molecule has 0 aliphatic carbocycles. The molecule has 2 saturated heterocycles. The van der Waals surface area contributed by atoms with Crippen LogP contribution in [0.15, 0.2) is 6.33 Å². The summed E-state index contributed by atoms with van der Waals surface area (Å²) in [6, 6.07) is 0. The quantitative estimate of drug-likeness (QED) is 0.248. The second-order valence-electron chi connectivity index (χ2n) is 6.48. The van der Waals surface area contributed by atoms with E-state index < -0.39 is 50.7 Å². The molecule has 0 bridgehead atoms. The van der Waals surface area contributed by atoms with Crippen molar-refractivity contribution in [1.82, 2.24) is 9.55 Å². The monoisotopic (exact) mass is 451 g/mol. The van der Waals surface area contributed by atoms with Crippen LogP contribution in [0.1, 0.15) is 37.5 Å². The Labute approximate surface area is 211 Å². The number of hydrogen-bond donors (Lipinski definition) is 1. The molecule has 1 aromatic rings. The number of rotatable bonds is 6. The van der Waals surface area contributed by atoms with Gasteiger partial charge in [-0.25, -0.2) is 9.78 Å². The summed E-state index contributed by atoms with van der Waals surface area (Å²) >= 11 is 0. The zero-order valence-corrected chi connectivity index (χ0v) is 21.8. The van der Waals surface area contributed by atoms with Crippen LogP contribution in [0, 0.1) is 0 Å². The van der Waals surface area contributed by atoms with Gasteiger partial charge in [-0.1, -0.05) is 0 Å². The average molecular weight is 451 g/mol. The smallest absolute Gasteiger partial charge is 0.790 e. The van der Waals surface area contributed by atoms with E-state index in [1.807, 2.05) is 0 Å². The van der Waals surface area contributed by atoms with E-state index in [0.717, 1.165) is 0 Å². The normalized spacial score (nSPS) is 27.6. The zero-order chi connectivity index (χ0) is 20.0. The number of nitrogen functional groups attached to an aromatic ring is 1. The third-order valence-electron chi connectivity index (χ3n) is 4.10. The molecule has 3 heterocycles. The number of esters is 1. The molecule has 2 aliphatic heterocycles. The van der Waals surface area contributed by atoms with Gasteiger partial charge in [-0.15, -0.1) is 0 Å². The Balaban J connectivity index is 0.00000210. The standard InChI is InChI=1S/C14H22N3O9P.2Na/c1-4-22-13(18)8-11(15)17(6-16-8)12-10-9(25-14(2,3)26-10)7(24-12)5-23-27(19,20)21;;/h6-7,9-10,12H,4-5,15H2,1-3H3,(H2,19,20,21);;/q;2*+1/p-2/t7-,9-,10-,12-;;/m1../s1. The van der Waals surface area contributed by atoms with Crippen molar-refractivity contribution in [3.8, 4) is 0 Å². The van der Waals surface area contributed by atoms with Crippen LogP contribution >= 0.6 is 7.82 Å². The van der Waals surface area contributed by atoms with Crippen LogP contribution in [-0.2, 0) is 28.0 Å². The molecule has 0 saturated carbocycles. The molecule has 3 rings (SSSR count). The summed E-state index contributed by atoms with van der Waals surface area (Å²) in [5.74, 6) is -1.68. The number of nitrogens with zero attached hydrogens (tertiary/aromatic N) is 2. The summed E-state index contributed by atoms with van der Waals surface area (Å²) in [6.45, 7) is 4.61. The number of carbonyl (C=O) groups excluding carboxylic acids is 1. The molecule has 15 heteroatoms. The van der Waals surface area contributed by atoms with Crippen molar-refractivity contribution in [2.75, 3.05) is 18.9 Å². The Hall–Kier alpha value is 0.470. The van der Waals surface area contributed by atoms with Gasteiger partial charge >= 0.3 is 65.1 Å². The van der Waals surface area contributed by atoms with Gasteiger partial charge in [0, 0.05) is 0 Å². The molecule has 0 aromatic carbocycles. The first-order valence-electron chi connectivity index (χ1n) is 8.19. The largest absolute Gasteiger partial charge is 1.00 e. The Morgan fingerprint density at radius 1 is 1.34 bits per heavy atom. The van der Waals surface area contributed by atoms with Crippen LogP contribution < -0.4 is 74.6 Å². The number of nitrogens with two attached hydrogens (primary N) is 1. The maximum atomic E-state index is 11.9. The van der Waals surface area contributed by atoms with E-state index in [1.54, 1.807) is 20.8 Å². The van der Waals surface area contributed by atoms with Gasteiger partial charge in [-0.3, -0.25) is 4.57 Å². The van der Waals surface area contributed by atoms with E-state index in [4.69, 9.17) is 24.7 Å². The molecule has 152 valence electrons. The first-order chi connectivity index (χ1) is 12.5. The summed E-state index contributed by atoms with van der Waals surface area (Å²) in [4.78, 5) is 37.4. The third-order valence-corrected chi connectivity index (χ3v) is 4.56. The van der Waals surface area contributed by atoms with Gasteiger partial charge in [0.2, 0.25) is 0 Å². The Bertz CT molecular complexity index is 772. The summed E-state index contributed by atoms with van der Waals surface area (Å²) in [6.07, 6.45) is -1.92. The first-order valence-corrected chi connectivity index (χ1v) is 9.65. The SMILES string of the molecule is CCOC(=O)c1ncn([C@@H]2O[C@H](COP(=O)([O-])[O-])[C@H]3OC(C)(C)O[C@H]32)c1N.[Na+].[Na+]. The molecule has 29 heavy (non-hydrogen) atoms. The molecular formula is C14H20N3Na2O9P. The van der Waals surface area contributed by atoms with E-state index in [2.05, 4.69) is 9.51 Å². The number of anilines is 1. The fourth-order valence-electron chi connectivity index (χ4n) is 3.11. The van der Waals surface area contributed by atoms with Gasteiger partial charge in [0.1, 0.15) is 24.1 Å². The van der Waals surface area contributed by atoms with E-state index in [9.17, 15) is 19.1 Å². The molecule has 0 radical (unpaired) electrons. The second-order valence-corrected chi connectivity index (χ2v) is 7.63. The summed E-state index contributed by atoms with van der Waals surface area (Å²) in [7, 11) is -5.19. The van der Waals surface area contributed by atoms with Gasteiger partial charge in [0.25, 0.3) is 0 Å². The fraction of sp³-hybridized carbons (Fsp3) is 0.714. The number of ether oxygens (including phenoxy) is 4. The van der Waals surface area contributed by atoms with Gasteiger partial charge < -0.3 is 43.6 Å². The molecule has 0 spiro atoms. The number of hydrogen-bond acceptors (Lipinski definition) is 11. The molecule has 12 nitrogen and oxygen atoms in total. The molecule has 1 aromatic heterocycles. The Morgan fingerprint density at radius 2 is 1.97 bits per heavy atom. The van der Waals surface area contributed by atoms with Crippen molar-refractivity contribution in [3.05, 3.63) is 12.0 Å². The van der Waals surface area contributed by atoms with Crippen molar-refractivity contribution < 1.29 is 102 Å². The average Bonchev–Trinajstić information content (AvgIpc) is 3.16. The maximum absolute atomic E-state index is 11.9. The van der Waals surface area contributed by atoms with E-state index in [0.29, 0.717) is 0 Å². The first kappa shape index (κ1) is 27.5. The Kier molecular flexibility index (Phi) is 9.85. The van der Waals surface area contributed by atoms with Gasteiger partial charge in [0.15, 0.2) is 17.7 Å². The third kappa shape index (κ3) is 6.26. The minimum atomic E-state index is -5.19. The molecule has 2 fully saturated rings. The number of fused-ring (bicyclic) bond motifs is 1. The van der Waals surface area contributed by atoms with Gasteiger partial charge in [-0.2, -0.15) is 0 Å². The van der Waals surface area contributed by atoms with Crippen LogP contribution in [0.3, 0.4) is 0 Å². The van der Waals surface area contributed by atoms with Crippen molar-refractivity contribution in [1.29, 1.82) is 0 Å². The fourth-order valence-corrected chi connectivity index (χ4v) is 3.44. The number of carbonyl (C=O) groups is 1. The van der Waals surface area contributed by atoms with Crippen LogP contribution in [0.25, 0.3) is 0 Å². The molecular weight excluding hydrogens is 431 g/mol. The van der Waals surface area contributed by atoms with Crippen LogP contribution in [0.2, 0.25) is 0 Å². The number of phosphoric acid groups is 1. The Morgan fingerprint density at radius 3 is 2.55 bits per heavy atom. The van der Waals surface area contributed by atoms with Crippen molar-refractivity contribution in [2.24, 2.45) is 0 Å². The minimum Gasteiger partial charge on any atom is -0.790 e. The zero-order valence-electron chi connectivity index (χ0n) is 16.9. The molecule has 2 N–H and O–H groups in total. The van der Waals surface area contributed by atoms with Gasteiger partial charge in [0.05, 0.1) is 27.4 Å². The summed E-state index contributed by atoms with van der Waals surface area (Å²) in [5.41, 5.74) is 5.92.